The second kappa shape index (κ2) is 8.40. The lowest BCUT2D eigenvalue weighted by Crippen LogP contribution is -2.44. The van der Waals surface area contributed by atoms with Gasteiger partial charge in [-0.3, -0.25) is 9.59 Å². The monoisotopic (exact) mass is 363 g/mol. The topological polar surface area (TPSA) is 85.3 Å². The number of carboxylic acid groups (broad SMARTS) is 1. The van der Waals surface area contributed by atoms with Crippen molar-refractivity contribution < 1.29 is 28.9 Å². The molecule has 1 aromatic rings. The van der Waals surface area contributed by atoms with Crippen molar-refractivity contribution >= 4 is 11.9 Å². The molecule has 7 nitrogen and oxygen atoms in total. The first-order chi connectivity index (χ1) is 12.6. The molecule has 2 aliphatic heterocycles. The highest BCUT2D eigenvalue weighted by Crippen LogP contribution is 2.33. The lowest BCUT2D eigenvalue weighted by molar-refractivity contribution is -0.146. The van der Waals surface area contributed by atoms with Gasteiger partial charge in [-0.05, 0) is 37.3 Å². The molecule has 0 saturated carbocycles. The molecular weight excluding hydrogens is 338 g/mol. The zero-order valence-corrected chi connectivity index (χ0v) is 14.9. The van der Waals surface area contributed by atoms with Gasteiger partial charge in [0, 0.05) is 25.8 Å². The van der Waals surface area contributed by atoms with Crippen molar-refractivity contribution in [1.29, 1.82) is 0 Å². The van der Waals surface area contributed by atoms with E-state index in [1.807, 2.05) is 12.1 Å². The van der Waals surface area contributed by atoms with Crippen molar-refractivity contribution in [1.82, 2.24) is 4.90 Å². The van der Waals surface area contributed by atoms with Gasteiger partial charge in [-0.25, -0.2) is 0 Å². The number of rotatable bonds is 6. The number of hydrogen-bond acceptors (Lipinski definition) is 5. The number of carbonyl (C=O) groups excluding carboxylic acids is 1. The maximum atomic E-state index is 12.4. The number of amides is 1. The second-order valence-electron chi connectivity index (χ2n) is 6.75. The minimum atomic E-state index is -0.780. The number of methoxy groups -OCH3 is 1. The number of carbonyl (C=O) groups is 2. The summed E-state index contributed by atoms with van der Waals surface area (Å²) in [6, 6.07) is 7.15. The average Bonchev–Trinajstić information content (AvgIpc) is 3.16. The minimum Gasteiger partial charge on any atom is -0.497 e. The molecule has 1 aromatic carbocycles. The molecule has 0 radical (unpaired) electrons. The molecule has 1 amide bonds. The van der Waals surface area contributed by atoms with E-state index < -0.39 is 11.9 Å². The van der Waals surface area contributed by atoms with Crippen LogP contribution in [0, 0.1) is 11.8 Å². The standard InChI is InChI=1S/C19H25NO6/c1-24-14-3-2-4-15(11-14)26-12-17(21)20-8-5-13(6-9-20)18-16(19(22)23)7-10-25-18/h2-4,11,13,16,18H,5-10,12H2,1H3,(H,22,23)/t16?,18-/m0/s1. The van der Waals surface area contributed by atoms with E-state index >= 15 is 0 Å². The molecular formula is C19H25NO6. The first-order valence-electron chi connectivity index (χ1n) is 8.97. The van der Waals surface area contributed by atoms with Crippen LogP contribution in [0.5, 0.6) is 11.5 Å². The molecule has 1 N–H and O–H groups in total. The Labute approximate surface area is 152 Å². The number of aliphatic carboxylic acids is 1. The summed E-state index contributed by atoms with van der Waals surface area (Å²) in [6.45, 7) is 1.71. The molecule has 0 aliphatic carbocycles. The molecule has 26 heavy (non-hydrogen) atoms. The summed E-state index contributed by atoms with van der Waals surface area (Å²) >= 11 is 0. The van der Waals surface area contributed by atoms with Crippen molar-refractivity contribution in [3.8, 4) is 11.5 Å². The van der Waals surface area contributed by atoms with Gasteiger partial charge in [-0.15, -0.1) is 0 Å². The quantitative estimate of drug-likeness (QED) is 0.830. The highest BCUT2D eigenvalue weighted by molar-refractivity contribution is 5.78. The highest BCUT2D eigenvalue weighted by atomic mass is 16.5. The fourth-order valence-electron chi connectivity index (χ4n) is 3.74. The van der Waals surface area contributed by atoms with Crippen LogP contribution in [0.1, 0.15) is 19.3 Å². The van der Waals surface area contributed by atoms with E-state index in [0.717, 1.165) is 12.8 Å². The van der Waals surface area contributed by atoms with Gasteiger partial charge >= 0.3 is 5.97 Å². The Balaban J connectivity index is 1.47. The van der Waals surface area contributed by atoms with E-state index in [1.54, 1.807) is 24.1 Å². The summed E-state index contributed by atoms with van der Waals surface area (Å²) in [5, 5.41) is 9.30. The van der Waals surface area contributed by atoms with Gasteiger partial charge in [0.25, 0.3) is 5.91 Å². The van der Waals surface area contributed by atoms with Crippen LogP contribution in [-0.2, 0) is 14.3 Å². The van der Waals surface area contributed by atoms with Gasteiger partial charge in [-0.1, -0.05) is 6.07 Å². The third kappa shape index (κ3) is 4.27. The zero-order chi connectivity index (χ0) is 18.5. The van der Waals surface area contributed by atoms with Gasteiger partial charge in [0.05, 0.1) is 19.1 Å². The maximum absolute atomic E-state index is 12.4. The van der Waals surface area contributed by atoms with Crippen LogP contribution in [-0.4, -0.2) is 61.4 Å². The highest BCUT2D eigenvalue weighted by Gasteiger charge is 2.40. The maximum Gasteiger partial charge on any atom is 0.309 e. The summed E-state index contributed by atoms with van der Waals surface area (Å²) in [5.74, 6) is 0.211. The molecule has 2 aliphatic rings. The molecule has 2 heterocycles. The van der Waals surface area contributed by atoms with Crippen molar-refractivity contribution in [2.24, 2.45) is 11.8 Å². The molecule has 2 saturated heterocycles. The van der Waals surface area contributed by atoms with Crippen LogP contribution in [0.15, 0.2) is 24.3 Å². The van der Waals surface area contributed by atoms with Gasteiger partial charge in [0.1, 0.15) is 11.5 Å². The molecule has 2 atom stereocenters. The van der Waals surface area contributed by atoms with Crippen LogP contribution >= 0.6 is 0 Å². The van der Waals surface area contributed by atoms with Crippen LogP contribution in [0.3, 0.4) is 0 Å². The van der Waals surface area contributed by atoms with Gasteiger partial charge in [0.2, 0.25) is 0 Å². The number of hydrogen-bond donors (Lipinski definition) is 1. The summed E-state index contributed by atoms with van der Waals surface area (Å²) in [5.41, 5.74) is 0. The Morgan fingerprint density at radius 2 is 1.96 bits per heavy atom. The lowest BCUT2D eigenvalue weighted by Gasteiger charge is -2.35. The second-order valence-corrected chi connectivity index (χ2v) is 6.75. The number of carboxylic acids is 1. The van der Waals surface area contributed by atoms with Gasteiger partial charge in [-0.2, -0.15) is 0 Å². The number of likely N-dealkylation sites (tertiary alicyclic amines) is 1. The average molecular weight is 363 g/mol. The number of benzene rings is 1. The van der Waals surface area contributed by atoms with E-state index in [0.29, 0.717) is 37.6 Å². The first kappa shape index (κ1) is 18.5. The summed E-state index contributed by atoms with van der Waals surface area (Å²) < 4.78 is 16.4. The Bertz CT molecular complexity index is 641. The van der Waals surface area contributed by atoms with E-state index in [-0.39, 0.29) is 24.5 Å². The van der Waals surface area contributed by atoms with Gasteiger partial charge < -0.3 is 24.2 Å². The van der Waals surface area contributed by atoms with E-state index in [1.165, 1.54) is 0 Å². The van der Waals surface area contributed by atoms with E-state index in [9.17, 15) is 14.7 Å². The van der Waals surface area contributed by atoms with Crippen LogP contribution < -0.4 is 9.47 Å². The third-order valence-corrected chi connectivity index (χ3v) is 5.21. The number of ether oxygens (including phenoxy) is 3. The fraction of sp³-hybridized carbons (Fsp3) is 0.579. The van der Waals surface area contributed by atoms with Crippen LogP contribution in [0.25, 0.3) is 0 Å². The number of piperidine rings is 1. The molecule has 0 spiro atoms. The third-order valence-electron chi connectivity index (χ3n) is 5.21. The van der Waals surface area contributed by atoms with E-state index in [2.05, 4.69) is 0 Å². The molecule has 142 valence electrons. The fourth-order valence-corrected chi connectivity index (χ4v) is 3.74. The van der Waals surface area contributed by atoms with Gasteiger partial charge in [0.15, 0.2) is 6.61 Å². The van der Waals surface area contributed by atoms with Crippen molar-refractivity contribution in [3.05, 3.63) is 24.3 Å². The summed E-state index contributed by atoms with van der Waals surface area (Å²) in [6.07, 6.45) is 1.88. The Morgan fingerprint density at radius 3 is 2.65 bits per heavy atom. The summed E-state index contributed by atoms with van der Waals surface area (Å²) in [7, 11) is 1.58. The first-order valence-corrected chi connectivity index (χ1v) is 8.97. The molecule has 2 fully saturated rings. The predicted octanol–water partition coefficient (Wildman–Crippen LogP) is 1.80. The smallest absolute Gasteiger partial charge is 0.309 e. The van der Waals surface area contributed by atoms with E-state index in [4.69, 9.17) is 14.2 Å². The molecule has 0 aromatic heterocycles. The largest absolute Gasteiger partial charge is 0.497 e. The normalized spacial score (nSPS) is 23.7. The van der Waals surface area contributed by atoms with Crippen molar-refractivity contribution in [3.63, 3.8) is 0 Å². The summed E-state index contributed by atoms with van der Waals surface area (Å²) in [4.78, 5) is 25.5. The predicted molar refractivity (Wildman–Crippen MR) is 93.3 cm³/mol. The Hall–Kier alpha value is -2.28. The number of nitrogens with zero attached hydrogens (tertiary/aromatic N) is 1. The lowest BCUT2D eigenvalue weighted by atomic mass is 9.84. The Morgan fingerprint density at radius 1 is 1.23 bits per heavy atom. The van der Waals surface area contributed by atoms with Crippen molar-refractivity contribution in [2.45, 2.75) is 25.4 Å². The minimum absolute atomic E-state index is 0.0183. The Kier molecular flexibility index (Phi) is 5.98. The molecule has 3 rings (SSSR count). The van der Waals surface area contributed by atoms with Crippen LogP contribution in [0.4, 0.5) is 0 Å². The SMILES string of the molecule is COc1cccc(OCC(=O)N2CCC([C@@H]3OCCC3C(=O)O)CC2)c1. The molecule has 0 bridgehead atoms. The van der Waals surface area contributed by atoms with Crippen molar-refractivity contribution in [2.75, 3.05) is 33.4 Å². The zero-order valence-electron chi connectivity index (χ0n) is 14.9. The molecule has 7 heteroatoms. The molecule has 1 unspecified atom stereocenters. The van der Waals surface area contributed by atoms with Crippen LogP contribution in [0.2, 0.25) is 0 Å².